The predicted octanol–water partition coefficient (Wildman–Crippen LogP) is 1.31. The van der Waals surface area contributed by atoms with Crippen LogP contribution >= 0.6 is 0 Å². The van der Waals surface area contributed by atoms with Crippen molar-refractivity contribution < 1.29 is 5.48 Å². The minimum absolute atomic E-state index is 0. The molecule has 0 aliphatic carbocycles. The highest BCUT2D eigenvalue weighted by Gasteiger charge is 1.57. The molecule has 1 heterocycles. The highest BCUT2D eigenvalue weighted by molar-refractivity contribution is 4.93. The van der Waals surface area contributed by atoms with Gasteiger partial charge < -0.3 is 10.5 Å². The number of H-pyrrole nitrogens is 1. The van der Waals surface area contributed by atoms with E-state index >= 15 is 0 Å². The van der Waals surface area contributed by atoms with Gasteiger partial charge in [-0.3, -0.25) is 0 Å². The lowest BCUT2D eigenvalue weighted by molar-refractivity contribution is 0.824. The fraction of sp³-hybridized carbons (Fsp3) is 0. The summed E-state index contributed by atoms with van der Waals surface area (Å²) in [5.41, 5.74) is 0. The van der Waals surface area contributed by atoms with Gasteiger partial charge in [-0.2, -0.15) is 0 Å². The van der Waals surface area contributed by atoms with Crippen molar-refractivity contribution >= 4 is 0 Å². The van der Waals surface area contributed by atoms with E-state index in [9.17, 15) is 0 Å². The van der Waals surface area contributed by atoms with E-state index in [0.29, 0.717) is 0 Å². The summed E-state index contributed by atoms with van der Waals surface area (Å²) in [6.07, 6.45) is 3.75. The molecule has 1 aromatic heterocycles. The van der Waals surface area contributed by atoms with Gasteiger partial charge in [-0.05, 0) is 12.1 Å². The van der Waals surface area contributed by atoms with Gasteiger partial charge in [-0.15, -0.1) is 0 Å². The number of rotatable bonds is 0. The Morgan fingerprint density at radius 3 is 1.50 bits per heavy atom. The van der Waals surface area contributed by atoms with Crippen molar-refractivity contribution in [2.75, 3.05) is 0 Å². The molecule has 1 rings (SSSR count). The van der Waals surface area contributed by atoms with Crippen molar-refractivity contribution in [3.8, 4) is 0 Å². The Labute approximate surface area is 60.2 Å². The summed E-state index contributed by atoms with van der Waals surface area (Å²) in [7, 11) is 0. The molecule has 3 N–H and O–H groups in total. The van der Waals surface area contributed by atoms with E-state index in [0.717, 1.165) is 0 Å². The summed E-state index contributed by atoms with van der Waals surface area (Å²) in [6.45, 7) is 0. The molecule has 2 nitrogen and oxygen atoms in total. The first-order valence-corrected chi connectivity index (χ1v) is 2.91. The zero-order valence-electron chi connectivity index (χ0n) is 5.62. The topological polar surface area (TPSA) is 47.3 Å². The Bertz CT molecular complexity index is 131. The van der Waals surface area contributed by atoms with Crippen molar-refractivity contribution in [3.63, 3.8) is 0 Å². The standard InChI is InChI=1S/C8H9N.H2O/c1-2-4-6-8-9-7-5-3-1;/h1-9H;1H2. The Morgan fingerprint density at radius 1 is 0.600 bits per heavy atom. The molecule has 0 unspecified atom stereocenters. The van der Waals surface area contributed by atoms with Gasteiger partial charge >= 0.3 is 0 Å². The third-order valence-electron chi connectivity index (χ3n) is 0.940. The summed E-state index contributed by atoms with van der Waals surface area (Å²) in [5.74, 6) is 0. The van der Waals surface area contributed by atoms with Crippen LogP contribution in [0.25, 0.3) is 0 Å². The maximum Gasteiger partial charge on any atom is 0.000442 e. The number of aromatic amines is 1. The van der Waals surface area contributed by atoms with Crippen LogP contribution in [0.1, 0.15) is 0 Å². The van der Waals surface area contributed by atoms with E-state index in [1.54, 1.807) is 0 Å². The molecule has 0 bridgehead atoms. The molecule has 0 atom stereocenters. The van der Waals surface area contributed by atoms with Gasteiger partial charge in [0.1, 0.15) is 0 Å². The van der Waals surface area contributed by atoms with Gasteiger partial charge in [-0.25, -0.2) is 0 Å². The van der Waals surface area contributed by atoms with Gasteiger partial charge in [0.15, 0.2) is 0 Å². The lowest BCUT2D eigenvalue weighted by Crippen LogP contribution is -1.52. The normalized spacial score (nSPS) is 7.20. The van der Waals surface area contributed by atoms with Crippen LogP contribution < -0.4 is 0 Å². The van der Waals surface area contributed by atoms with Crippen molar-refractivity contribution in [2.45, 2.75) is 0 Å². The summed E-state index contributed by atoms with van der Waals surface area (Å²) in [5, 5.41) is 0. The van der Waals surface area contributed by atoms with Crippen LogP contribution in [-0.2, 0) is 0 Å². The smallest absolute Gasteiger partial charge is 0.000442 e. The van der Waals surface area contributed by atoms with E-state index in [2.05, 4.69) is 4.98 Å². The number of hydrogen-bond acceptors (Lipinski definition) is 0. The average Bonchev–Trinajstić information content (AvgIpc) is 2.00. The SMILES string of the molecule is O.c1cccc[nH]ccc1. The Morgan fingerprint density at radius 2 is 1.00 bits per heavy atom. The molecule has 0 saturated carbocycles. The number of nitrogens with one attached hydrogen (secondary N) is 1. The van der Waals surface area contributed by atoms with Crippen LogP contribution in [0.2, 0.25) is 0 Å². The molecule has 0 aliphatic rings. The molecular weight excluding hydrogens is 126 g/mol. The third-order valence-corrected chi connectivity index (χ3v) is 0.940. The molecule has 2 heteroatoms. The average molecular weight is 137 g/mol. The molecule has 54 valence electrons. The zero-order valence-corrected chi connectivity index (χ0v) is 5.62. The zero-order chi connectivity index (χ0) is 6.36. The van der Waals surface area contributed by atoms with E-state index in [-0.39, 0.29) is 5.48 Å². The van der Waals surface area contributed by atoms with Gasteiger partial charge in [-0.1, -0.05) is 24.3 Å². The quantitative estimate of drug-likeness (QED) is 0.560. The van der Waals surface area contributed by atoms with Crippen LogP contribution in [0.4, 0.5) is 0 Å². The largest absolute Gasteiger partial charge is 0.412 e. The van der Waals surface area contributed by atoms with Gasteiger partial charge in [0.25, 0.3) is 0 Å². The molecule has 0 aromatic carbocycles. The second kappa shape index (κ2) is 5.85. The van der Waals surface area contributed by atoms with E-state index in [1.807, 2.05) is 48.8 Å². The molecule has 0 aliphatic heterocycles. The van der Waals surface area contributed by atoms with Crippen LogP contribution in [0.15, 0.2) is 48.8 Å². The van der Waals surface area contributed by atoms with Crippen LogP contribution in [-0.4, -0.2) is 10.5 Å². The minimum atomic E-state index is 0. The summed E-state index contributed by atoms with van der Waals surface area (Å²) in [4.78, 5) is 2.96. The lowest BCUT2D eigenvalue weighted by Gasteiger charge is -1.65. The van der Waals surface area contributed by atoms with Crippen LogP contribution in [0.3, 0.4) is 0 Å². The monoisotopic (exact) mass is 137 g/mol. The highest BCUT2D eigenvalue weighted by atomic mass is 16.0. The predicted molar refractivity (Wildman–Crippen MR) is 42.0 cm³/mol. The summed E-state index contributed by atoms with van der Waals surface area (Å²) >= 11 is 0. The third kappa shape index (κ3) is 3.69. The van der Waals surface area contributed by atoms with Gasteiger partial charge in [0.2, 0.25) is 0 Å². The maximum atomic E-state index is 2.96. The van der Waals surface area contributed by atoms with Crippen molar-refractivity contribution in [3.05, 3.63) is 48.8 Å². The Balaban J connectivity index is 0.000000810. The molecule has 0 radical (unpaired) electrons. The van der Waals surface area contributed by atoms with Gasteiger partial charge in [0.05, 0.1) is 0 Å². The summed E-state index contributed by atoms with van der Waals surface area (Å²) in [6, 6.07) is 11.8. The number of aromatic nitrogens is 1. The molecule has 10 heavy (non-hydrogen) atoms. The fourth-order valence-electron chi connectivity index (χ4n) is 0.534. The van der Waals surface area contributed by atoms with E-state index < -0.39 is 0 Å². The van der Waals surface area contributed by atoms with Gasteiger partial charge in [0, 0.05) is 12.4 Å². The van der Waals surface area contributed by atoms with Crippen LogP contribution in [0.5, 0.6) is 0 Å². The van der Waals surface area contributed by atoms with Crippen molar-refractivity contribution in [1.82, 2.24) is 4.98 Å². The number of hydrogen-bond donors (Lipinski definition) is 1. The second-order valence-electron chi connectivity index (χ2n) is 1.65. The minimum Gasteiger partial charge on any atom is -0.412 e. The molecule has 0 fully saturated rings. The fourth-order valence-corrected chi connectivity index (χ4v) is 0.534. The Kier molecular flexibility index (Phi) is 5.10. The first-order chi connectivity index (χ1) is 4.50. The first-order valence-electron chi connectivity index (χ1n) is 2.91. The van der Waals surface area contributed by atoms with E-state index in [1.165, 1.54) is 0 Å². The summed E-state index contributed by atoms with van der Waals surface area (Å²) < 4.78 is 0. The molecule has 1 aromatic rings. The molecule has 0 spiro atoms. The second-order valence-corrected chi connectivity index (χ2v) is 1.65. The van der Waals surface area contributed by atoms with Crippen molar-refractivity contribution in [2.24, 2.45) is 0 Å². The molecule has 0 saturated heterocycles. The lowest BCUT2D eigenvalue weighted by atomic mass is 10.5. The van der Waals surface area contributed by atoms with E-state index in [4.69, 9.17) is 0 Å². The molecular formula is C8H11NO. The first kappa shape index (κ1) is 8.72. The Hall–Kier alpha value is -1.28. The van der Waals surface area contributed by atoms with Crippen molar-refractivity contribution in [1.29, 1.82) is 0 Å². The maximum absolute atomic E-state index is 2.96. The van der Waals surface area contributed by atoms with Crippen LogP contribution in [0, 0.1) is 0 Å². The highest BCUT2D eigenvalue weighted by Crippen LogP contribution is 1.76. The molecule has 0 amide bonds.